The highest BCUT2D eigenvalue weighted by Crippen LogP contribution is 2.44. The minimum Gasteiger partial charge on any atom is -0.409 e. The normalized spacial score (nSPS) is 26.6. The summed E-state index contributed by atoms with van der Waals surface area (Å²) in [4.78, 5) is 14.5. The van der Waals surface area contributed by atoms with Crippen LogP contribution >= 0.6 is 0 Å². The Morgan fingerprint density at radius 1 is 1.44 bits per heavy atom. The Morgan fingerprint density at radius 3 is 2.56 bits per heavy atom. The molecule has 0 aromatic carbocycles. The van der Waals surface area contributed by atoms with Crippen LogP contribution in [-0.2, 0) is 9.53 Å². The van der Waals surface area contributed by atoms with Crippen LogP contribution in [0.3, 0.4) is 0 Å². The Kier molecular flexibility index (Phi) is 3.23. The van der Waals surface area contributed by atoms with E-state index in [4.69, 9.17) is 15.7 Å². The van der Waals surface area contributed by atoms with E-state index in [0.29, 0.717) is 32.6 Å². The summed E-state index contributed by atoms with van der Waals surface area (Å²) in [5, 5.41) is 11.9. The van der Waals surface area contributed by atoms with Crippen LogP contribution in [0.5, 0.6) is 0 Å². The molecule has 0 radical (unpaired) electrons. The van der Waals surface area contributed by atoms with Crippen molar-refractivity contribution in [3.8, 4) is 0 Å². The topological polar surface area (TPSA) is 88.2 Å². The number of hydrogen-bond donors (Lipinski definition) is 2. The molecule has 1 aliphatic carbocycles. The van der Waals surface area contributed by atoms with Crippen molar-refractivity contribution in [1.82, 2.24) is 4.90 Å². The van der Waals surface area contributed by atoms with E-state index in [1.807, 2.05) is 18.7 Å². The van der Waals surface area contributed by atoms with Crippen molar-refractivity contribution in [2.24, 2.45) is 16.3 Å². The van der Waals surface area contributed by atoms with Crippen molar-refractivity contribution in [3.05, 3.63) is 0 Å². The maximum atomic E-state index is 12.7. The zero-order valence-electron chi connectivity index (χ0n) is 11.0. The lowest BCUT2D eigenvalue weighted by atomic mass is 9.66. The molecule has 1 saturated carbocycles. The monoisotopic (exact) mass is 255 g/mol. The van der Waals surface area contributed by atoms with Crippen molar-refractivity contribution in [2.75, 3.05) is 19.8 Å². The Bertz CT molecular complexity index is 375. The third-order valence-electron chi connectivity index (χ3n) is 4.10. The largest absolute Gasteiger partial charge is 0.409 e. The molecule has 2 aliphatic rings. The molecule has 3 N–H and O–H groups in total. The molecule has 6 heteroatoms. The molecular weight excluding hydrogens is 234 g/mol. The predicted molar refractivity (Wildman–Crippen MR) is 66.3 cm³/mol. The Balaban J connectivity index is 2.24. The maximum Gasteiger partial charge on any atom is 0.237 e. The number of oxime groups is 1. The lowest BCUT2D eigenvalue weighted by Gasteiger charge is -2.49. The van der Waals surface area contributed by atoms with Gasteiger partial charge in [0.15, 0.2) is 5.84 Å². The van der Waals surface area contributed by atoms with Gasteiger partial charge in [0.25, 0.3) is 0 Å². The van der Waals surface area contributed by atoms with Crippen LogP contribution in [0.4, 0.5) is 0 Å². The van der Waals surface area contributed by atoms with E-state index in [2.05, 4.69) is 5.16 Å². The molecule has 1 saturated heterocycles. The molecule has 0 unspecified atom stereocenters. The molecule has 0 bridgehead atoms. The second-order valence-corrected chi connectivity index (χ2v) is 5.74. The molecule has 1 amide bonds. The summed E-state index contributed by atoms with van der Waals surface area (Å²) >= 11 is 0. The molecule has 2 rings (SSSR count). The van der Waals surface area contributed by atoms with Gasteiger partial charge in [0.1, 0.15) is 5.41 Å². The molecular formula is C12H21N3O3. The highest BCUT2D eigenvalue weighted by Gasteiger charge is 2.52. The first-order chi connectivity index (χ1) is 8.44. The smallest absolute Gasteiger partial charge is 0.237 e. The fraction of sp³-hybridized carbons (Fsp3) is 0.833. The number of nitrogens with zero attached hydrogens (tertiary/aromatic N) is 2. The minimum atomic E-state index is -0.788. The first-order valence-electron chi connectivity index (χ1n) is 6.32. The van der Waals surface area contributed by atoms with Crippen LogP contribution in [0.15, 0.2) is 5.16 Å². The summed E-state index contributed by atoms with van der Waals surface area (Å²) in [5.41, 5.74) is 4.60. The van der Waals surface area contributed by atoms with E-state index in [1.54, 1.807) is 0 Å². The number of carbonyl (C=O) groups is 1. The number of carbonyl (C=O) groups excluding carboxylic acids is 1. The highest BCUT2D eigenvalue weighted by molar-refractivity contribution is 6.07. The Hall–Kier alpha value is -1.30. The summed E-state index contributed by atoms with van der Waals surface area (Å²) in [5.74, 6) is 0.0124. The SMILES string of the molecule is CC1(C)COCCN1C(=O)C1(C(N)=NO)CCC1. The fourth-order valence-electron chi connectivity index (χ4n) is 2.70. The second kappa shape index (κ2) is 4.42. The van der Waals surface area contributed by atoms with Crippen LogP contribution in [-0.4, -0.2) is 47.1 Å². The van der Waals surface area contributed by atoms with E-state index in [1.165, 1.54) is 0 Å². The van der Waals surface area contributed by atoms with E-state index in [9.17, 15) is 4.79 Å². The molecule has 18 heavy (non-hydrogen) atoms. The first kappa shape index (κ1) is 13.1. The third kappa shape index (κ3) is 1.84. The molecule has 6 nitrogen and oxygen atoms in total. The average molecular weight is 255 g/mol. The van der Waals surface area contributed by atoms with Gasteiger partial charge in [-0.2, -0.15) is 0 Å². The molecule has 102 valence electrons. The van der Waals surface area contributed by atoms with Gasteiger partial charge in [0, 0.05) is 6.54 Å². The zero-order chi connectivity index (χ0) is 13.4. The van der Waals surface area contributed by atoms with Gasteiger partial charge in [-0.1, -0.05) is 11.6 Å². The van der Waals surface area contributed by atoms with Crippen LogP contribution in [0.2, 0.25) is 0 Å². The number of nitrogens with two attached hydrogens (primary N) is 1. The Morgan fingerprint density at radius 2 is 2.11 bits per heavy atom. The summed E-state index contributed by atoms with van der Waals surface area (Å²) in [6.07, 6.45) is 2.26. The van der Waals surface area contributed by atoms with Gasteiger partial charge in [-0.3, -0.25) is 4.79 Å². The lowest BCUT2D eigenvalue weighted by Crippen LogP contribution is -2.63. The van der Waals surface area contributed by atoms with Crippen molar-refractivity contribution < 1.29 is 14.7 Å². The van der Waals surface area contributed by atoms with Crippen LogP contribution in [0, 0.1) is 5.41 Å². The summed E-state index contributed by atoms with van der Waals surface area (Å²) in [7, 11) is 0. The maximum absolute atomic E-state index is 12.7. The van der Waals surface area contributed by atoms with Crippen molar-refractivity contribution in [1.29, 1.82) is 0 Å². The number of amides is 1. The predicted octanol–water partition coefficient (Wildman–Crippen LogP) is 0.540. The van der Waals surface area contributed by atoms with Crippen molar-refractivity contribution >= 4 is 11.7 Å². The fourth-order valence-corrected chi connectivity index (χ4v) is 2.70. The van der Waals surface area contributed by atoms with Crippen LogP contribution in [0.25, 0.3) is 0 Å². The zero-order valence-corrected chi connectivity index (χ0v) is 11.0. The van der Waals surface area contributed by atoms with Crippen LogP contribution in [0.1, 0.15) is 33.1 Å². The van der Waals surface area contributed by atoms with Gasteiger partial charge in [-0.15, -0.1) is 0 Å². The van der Waals surface area contributed by atoms with Gasteiger partial charge in [-0.05, 0) is 26.7 Å². The molecule has 1 heterocycles. The summed E-state index contributed by atoms with van der Waals surface area (Å²) in [6, 6.07) is 0. The van der Waals surface area contributed by atoms with Gasteiger partial charge in [-0.25, -0.2) is 0 Å². The molecule has 1 aliphatic heterocycles. The van der Waals surface area contributed by atoms with E-state index < -0.39 is 5.41 Å². The second-order valence-electron chi connectivity index (χ2n) is 5.74. The van der Waals surface area contributed by atoms with Gasteiger partial charge >= 0.3 is 0 Å². The number of amidine groups is 1. The van der Waals surface area contributed by atoms with Gasteiger partial charge < -0.3 is 20.6 Å². The van der Waals surface area contributed by atoms with E-state index in [0.717, 1.165) is 6.42 Å². The van der Waals surface area contributed by atoms with Crippen LogP contribution < -0.4 is 5.73 Å². The lowest BCUT2D eigenvalue weighted by molar-refractivity contribution is -0.157. The summed E-state index contributed by atoms with van der Waals surface area (Å²) in [6.45, 7) is 5.57. The number of ether oxygens (including phenoxy) is 1. The third-order valence-corrected chi connectivity index (χ3v) is 4.10. The summed E-state index contributed by atoms with van der Waals surface area (Å²) < 4.78 is 5.41. The number of hydrogen-bond acceptors (Lipinski definition) is 4. The van der Waals surface area contributed by atoms with E-state index in [-0.39, 0.29) is 17.3 Å². The quantitative estimate of drug-likeness (QED) is 0.326. The highest BCUT2D eigenvalue weighted by atomic mass is 16.5. The molecule has 0 spiro atoms. The molecule has 0 aromatic heterocycles. The van der Waals surface area contributed by atoms with Crippen molar-refractivity contribution in [3.63, 3.8) is 0 Å². The number of morpholine rings is 1. The van der Waals surface area contributed by atoms with Gasteiger partial charge in [0.2, 0.25) is 5.91 Å². The molecule has 2 fully saturated rings. The average Bonchev–Trinajstić information content (AvgIpc) is 2.26. The van der Waals surface area contributed by atoms with E-state index >= 15 is 0 Å². The van der Waals surface area contributed by atoms with Crippen molar-refractivity contribution in [2.45, 2.75) is 38.6 Å². The first-order valence-corrected chi connectivity index (χ1v) is 6.32. The molecule has 0 aromatic rings. The molecule has 0 atom stereocenters. The number of rotatable bonds is 2. The standard InChI is InChI=1S/C12H21N3O3/c1-11(2)8-18-7-6-15(11)10(16)12(4-3-5-12)9(13)14-17/h17H,3-8H2,1-2H3,(H2,13,14). The minimum absolute atomic E-state index is 0.0302. The Labute approximate surface area is 107 Å². The van der Waals surface area contributed by atoms with Gasteiger partial charge in [0.05, 0.1) is 18.8 Å².